The van der Waals surface area contributed by atoms with Crippen molar-refractivity contribution in [3.63, 3.8) is 0 Å². The molecule has 0 radical (unpaired) electrons. The molecule has 4 bridgehead atoms. The number of benzene rings is 2. The Hall–Kier alpha value is -3.62. The molecule has 6 aliphatic rings. The van der Waals surface area contributed by atoms with Crippen molar-refractivity contribution in [3.8, 4) is 23.0 Å². The van der Waals surface area contributed by atoms with Crippen LogP contribution < -0.4 is 29.5 Å². The highest BCUT2D eigenvalue weighted by Gasteiger charge is 2.26. The third-order valence-corrected chi connectivity index (χ3v) is 7.51. The van der Waals surface area contributed by atoms with Crippen molar-refractivity contribution in [2.24, 2.45) is 0 Å². The summed E-state index contributed by atoms with van der Waals surface area (Å²) >= 11 is 0. The highest BCUT2D eigenvalue weighted by molar-refractivity contribution is 5.88. The van der Waals surface area contributed by atoms with E-state index < -0.39 is 11.9 Å². The Bertz CT molecular complexity index is 984. The van der Waals surface area contributed by atoms with E-state index >= 15 is 0 Å². The number of nitrogens with one attached hydrogen (secondary N) is 2. The van der Waals surface area contributed by atoms with Crippen LogP contribution in [0.25, 0.3) is 0 Å². The molecule has 6 aliphatic heterocycles. The van der Waals surface area contributed by atoms with Crippen molar-refractivity contribution in [3.05, 3.63) is 47.5 Å². The lowest BCUT2D eigenvalue weighted by Gasteiger charge is -2.38. The molecular weight excluding hydrogens is 536 g/mol. The lowest BCUT2D eigenvalue weighted by molar-refractivity contribution is -0.914. The van der Waals surface area contributed by atoms with Gasteiger partial charge < -0.3 is 45.2 Å². The Morgan fingerprint density at radius 2 is 0.951 bits per heavy atom. The van der Waals surface area contributed by atoms with Gasteiger partial charge in [-0.25, -0.2) is 9.59 Å². The zero-order valence-corrected chi connectivity index (χ0v) is 23.7. The molecule has 6 N–H and O–H groups in total. The summed E-state index contributed by atoms with van der Waals surface area (Å²) in [7, 11) is 2.64. The number of ether oxygens (including phenoxy) is 2. The molecule has 0 amide bonds. The van der Waals surface area contributed by atoms with Crippen LogP contribution >= 0.6 is 0 Å². The largest absolute Gasteiger partial charge is 0.870 e. The van der Waals surface area contributed by atoms with Crippen LogP contribution in [0.2, 0.25) is 0 Å². The molecule has 0 saturated carbocycles. The van der Waals surface area contributed by atoms with Crippen molar-refractivity contribution in [1.29, 1.82) is 0 Å². The van der Waals surface area contributed by atoms with E-state index in [2.05, 4.69) is 19.3 Å². The summed E-state index contributed by atoms with van der Waals surface area (Å²) in [6.45, 7) is 16.6. The summed E-state index contributed by atoms with van der Waals surface area (Å²) in [5.41, 5.74) is 0.0953. The highest BCUT2D eigenvalue weighted by Crippen LogP contribution is 2.24. The van der Waals surface area contributed by atoms with Crippen molar-refractivity contribution in [1.82, 2.24) is 9.80 Å². The quantitative estimate of drug-likeness (QED) is 0.284. The van der Waals surface area contributed by atoms with E-state index in [9.17, 15) is 19.8 Å². The number of piperazine rings is 6. The van der Waals surface area contributed by atoms with Crippen LogP contribution in [0.1, 0.15) is 20.7 Å². The van der Waals surface area contributed by atoms with Crippen LogP contribution in [0.3, 0.4) is 0 Å². The number of hydrogen-bond donors (Lipinski definition) is 4. The van der Waals surface area contributed by atoms with Crippen LogP contribution in [0, 0.1) is 0 Å². The third-order valence-electron chi connectivity index (χ3n) is 7.51. The predicted molar refractivity (Wildman–Crippen MR) is 146 cm³/mol. The van der Waals surface area contributed by atoms with Gasteiger partial charge in [-0.1, -0.05) is 23.6 Å². The normalized spacial score (nSPS) is 23.1. The molecule has 6 fully saturated rings. The number of carboxylic acids is 2. The van der Waals surface area contributed by atoms with E-state index in [-0.39, 0.29) is 39.6 Å². The van der Waals surface area contributed by atoms with Gasteiger partial charge in [-0.3, -0.25) is 9.80 Å². The number of nitrogens with zero attached hydrogens (tertiary/aromatic N) is 2. The molecule has 2 aromatic rings. The average Bonchev–Trinajstić information content (AvgIpc) is 3.00. The number of carboxylic acid groups (broad SMARTS) is 2. The van der Waals surface area contributed by atoms with Crippen LogP contribution in [0.4, 0.5) is 0 Å². The first-order valence-corrected chi connectivity index (χ1v) is 13.5. The minimum Gasteiger partial charge on any atom is -0.870 e. The summed E-state index contributed by atoms with van der Waals surface area (Å²) in [6, 6.07) is 7.22. The van der Waals surface area contributed by atoms with E-state index in [1.54, 1.807) is 0 Å². The van der Waals surface area contributed by atoms with Gasteiger partial charge in [-0.05, 0) is 24.3 Å². The Labute approximate surface area is 240 Å². The van der Waals surface area contributed by atoms with Gasteiger partial charge >= 0.3 is 11.9 Å². The number of hydrogen-bond acceptors (Lipinski definition) is 8. The van der Waals surface area contributed by atoms with E-state index in [1.807, 2.05) is 9.80 Å². The second kappa shape index (κ2) is 16.6. The van der Waals surface area contributed by atoms with Gasteiger partial charge in [0.15, 0.2) is 0 Å². The number of rotatable bonds is 4. The van der Waals surface area contributed by atoms with Gasteiger partial charge in [0, 0.05) is 39.3 Å². The molecule has 0 aromatic heterocycles. The summed E-state index contributed by atoms with van der Waals surface area (Å²) in [4.78, 5) is 29.6. The van der Waals surface area contributed by atoms with Crippen LogP contribution in [-0.2, 0) is 0 Å². The monoisotopic (exact) mass is 578 g/mol. The molecule has 0 atom stereocenters. The minimum atomic E-state index is -1.08. The number of aromatic carboxylic acids is 2. The highest BCUT2D eigenvalue weighted by atomic mass is 16.5. The minimum absolute atomic E-state index is 0. The first-order chi connectivity index (χ1) is 19.2. The smallest absolute Gasteiger partial charge is 0.335 e. The molecule has 41 heavy (non-hydrogen) atoms. The molecule has 0 spiro atoms. The van der Waals surface area contributed by atoms with Crippen molar-refractivity contribution >= 4 is 11.9 Å². The third kappa shape index (κ3) is 10.4. The molecular formula is C28H42N4O9. The second-order valence-electron chi connectivity index (χ2n) is 10.0. The van der Waals surface area contributed by atoms with Gasteiger partial charge in [0.05, 0.1) is 64.6 Å². The standard InChI is InChI=1S/2C8H8O4.2C6H12N2.H2O/c2*1-12-7-4-5(8(10)11)2-3-6(7)9;2*1-2-8-5-3-7(1)4-6-8;/h2*2-4,9H,1H3,(H,10,11);2*1-6H2;1H2. The van der Waals surface area contributed by atoms with Gasteiger partial charge in [-0.15, -0.1) is 0 Å². The second-order valence-corrected chi connectivity index (χ2v) is 10.0. The molecule has 6 saturated heterocycles. The molecule has 8 rings (SSSR count). The van der Waals surface area contributed by atoms with Gasteiger partial charge in [0.1, 0.15) is 11.5 Å². The lowest BCUT2D eigenvalue weighted by Crippen LogP contribution is -3.17. The van der Waals surface area contributed by atoms with Crippen molar-refractivity contribution in [2.45, 2.75) is 0 Å². The van der Waals surface area contributed by atoms with Crippen LogP contribution in [-0.4, -0.2) is 130 Å². The fraction of sp³-hybridized carbons (Fsp3) is 0.500. The Kier molecular flexibility index (Phi) is 13.6. The van der Waals surface area contributed by atoms with E-state index in [4.69, 9.17) is 10.2 Å². The fourth-order valence-corrected chi connectivity index (χ4v) is 4.92. The maximum absolute atomic E-state index is 10.9. The Morgan fingerprint density at radius 1 is 0.659 bits per heavy atom. The maximum atomic E-state index is 10.9. The average molecular weight is 579 g/mol. The van der Waals surface area contributed by atoms with E-state index in [1.165, 1.54) is 129 Å². The molecule has 0 aliphatic carbocycles. The van der Waals surface area contributed by atoms with Gasteiger partial charge in [0.25, 0.3) is 0 Å². The van der Waals surface area contributed by atoms with E-state index in [0.717, 1.165) is 0 Å². The van der Waals surface area contributed by atoms with E-state index in [0.29, 0.717) is 0 Å². The first kappa shape index (κ1) is 33.6. The fourth-order valence-electron chi connectivity index (χ4n) is 4.92. The number of methoxy groups -OCH3 is 2. The van der Waals surface area contributed by atoms with Gasteiger partial charge in [-0.2, -0.15) is 0 Å². The number of carbonyl (C=O) groups is 2. The zero-order chi connectivity index (χ0) is 29.1. The van der Waals surface area contributed by atoms with Crippen molar-refractivity contribution in [2.75, 3.05) is 92.8 Å². The summed E-state index contributed by atoms with van der Waals surface area (Å²) in [5.74, 6) is -2.68. The van der Waals surface area contributed by atoms with Gasteiger partial charge in [0.2, 0.25) is 0 Å². The predicted octanol–water partition coefficient (Wildman–Crippen LogP) is -3.49. The topological polar surface area (TPSA) is 186 Å². The SMILES string of the molecule is C1C[NH+]2CCN1CC2.C1C[NH+]2CCN1CC2.COc1cc(C(=O)O)ccc1[O-].COc1cc(C(=O)O)ccc1[O-].O. The molecule has 2 aromatic carbocycles. The lowest BCUT2D eigenvalue weighted by atomic mass is 10.2. The molecule has 228 valence electrons. The number of quaternary nitrogens is 2. The Morgan fingerprint density at radius 3 is 1.12 bits per heavy atom. The molecule has 13 heteroatoms. The summed E-state index contributed by atoms with van der Waals surface area (Å²) in [6.07, 6.45) is 0. The molecule has 0 unspecified atom stereocenters. The zero-order valence-electron chi connectivity index (χ0n) is 23.7. The Balaban J connectivity index is 0.000000192. The summed E-state index contributed by atoms with van der Waals surface area (Å²) in [5, 5.41) is 38.9. The summed E-state index contributed by atoms with van der Waals surface area (Å²) < 4.78 is 9.32. The van der Waals surface area contributed by atoms with Crippen LogP contribution in [0.15, 0.2) is 36.4 Å². The van der Waals surface area contributed by atoms with Crippen molar-refractivity contribution < 1.29 is 54.8 Å². The molecule has 6 heterocycles. The first-order valence-electron chi connectivity index (χ1n) is 13.5. The maximum Gasteiger partial charge on any atom is 0.335 e. The van der Waals surface area contributed by atoms with Crippen LogP contribution in [0.5, 0.6) is 23.0 Å². The number of fused-ring (bicyclic) bond motifs is 6. The molecule has 13 nitrogen and oxygen atoms in total.